The fourth-order valence-electron chi connectivity index (χ4n) is 2.78. The first kappa shape index (κ1) is 18.6. The Morgan fingerprint density at radius 2 is 1.64 bits per heavy atom. The van der Waals surface area contributed by atoms with Crippen LogP contribution in [0.4, 0.5) is 5.69 Å². The van der Waals surface area contributed by atoms with Crippen molar-refractivity contribution in [2.45, 2.75) is 39.2 Å². The lowest BCUT2D eigenvalue weighted by Crippen LogP contribution is -2.39. The maximum atomic E-state index is 12.2. The van der Waals surface area contributed by atoms with Crippen molar-refractivity contribution in [3.8, 4) is 0 Å². The molecule has 0 saturated heterocycles. The second-order valence-corrected chi connectivity index (χ2v) is 5.93. The molecule has 2 rings (SSSR count). The summed E-state index contributed by atoms with van der Waals surface area (Å²) < 4.78 is 6.50. The summed E-state index contributed by atoms with van der Waals surface area (Å²) in [6, 6.07) is 10.8. The number of aromatic nitrogens is 1. The summed E-state index contributed by atoms with van der Waals surface area (Å²) in [5.74, 6) is 0.0499. The Bertz CT molecular complexity index is 705. The molecule has 0 spiro atoms. The van der Waals surface area contributed by atoms with Gasteiger partial charge >= 0.3 is 5.97 Å². The van der Waals surface area contributed by atoms with Crippen LogP contribution < -0.4 is 9.88 Å². The van der Waals surface area contributed by atoms with Gasteiger partial charge in [-0.2, -0.15) is 4.57 Å². The molecule has 1 aromatic heterocycles. The van der Waals surface area contributed by atoms with Crippen molar-refractivity contribution in [1.29, 1.82) is 0 Å². The Labute approximate surface area is 148 Å². The van der Waals surface area contributed by atoms with Crippen molar-refractivity contribution in [2.24, 2.45) is 0 Å². The first-order valence-electron chi connectivity index (χ1n) is 8.54. The zero-order chi connectivity index (χ0) is 18.2. The van der Waals surface area contributed by atoms with Crippen molar-refractivity contribution >= 4 is 17.6 Å². The molecule has 0 aliphatic heterocycles. The maximum absolute atomic E-state index is 12.2. The van der Waals surface area contributed by atoms with E-state index in [2.05, 4.69) is 36.0 Å². The van der Waals surface area contributed by atoms with Gasteiger partial charge in [0.2, 0.25) is 6.54 Å². The van der Waals surface area contributed by atoms with E-state index in [0.29, 0.717) is 17.2 Å². The van der Waals surface area contributed by atoms with Gasteiger partial charge in [0.05, 0.1) is 12.7 Å². The lowest BCUT2D eigenvalue weighted by atomic mass is 9.95. The number of carbonyl (C=O) groups excluding carboxylic acids is 2. The molecule has 5 heteroatoms. The van der Waals surface area contributed by atoms with Gasteiger partial charge in [-0.05, 0) is 48.6 Å². The van der Waals surface area contributed by atoms with Crippen molar-refractivity contribution in [1.82, 2.24) is 0 Å². The largest absolute Gasteiger partial charge is 0.465 e. The molecule has 0 atom stereocenters. The average molecular weight is 341 g/mol. The average Bonchev–Trinajstić information content (AvgIpc) is 2.64. The van der Waals surface area contributed by atoms with Gasteiger partial charge in [-0.1, -0.05) is 13.8 Å². The molecule has 5 nitrogen and oxygen atoms in total. The van der Waals surface area contributed by atoms with Gasteiger partial charge in [-0.3, -0.25) is 4.79 Å². The van der Waals surface area contributed by atoms with Crippen LogP contribution in [0.2, 0.25) is 0 Å². The zero-order valence-corrected chi connectivity index (χ0v) is 15.0. The number of rotatable bonds is 7. The third-order valence-electron chi connectivity index (χ3n) is 4.29. The third-order valence-corrected chi connectivity index (χ3v) is 4.29. The number of nitrogens with zero attached hydrogens (tertiary/aromatic N) is 1. The van der Waals surface area contributed by atoms with Gasteiger partial charge in [-0.15, -0.1) is 0 Å². The fraction of sp³-hybridized carbons (Fsp3) is 0.350. The van der Waals surface area contributed by atoms with Gasteiger partial charge < -0.3 is 10.1 Å². The lowest BCUT2D eigenvalue weighted by Gasteiger charge is -2.11. The summed E-state index contributed by atoms with van der Waals surface area (Å²) in [6.45, 7) is 4.62. The maximum Gasteiger partial charge on any atom is 0.337 e. The van der Waals surface area contributed by atoms with Crippen LogP contribution in [0.1, 0.15) is 48.5 Å². The number of hydrogen-bond acceptors (Lipinski definition) is 3. The Morgan fingerprint density at radius 1 is 1.04 bits per heavy atom. The second kappa shape index (κ2) is 8.97. The highest BCUT2D eigenvalue weighted by Crippen LogP contribution is 2.21. The molecule has 0 unspecified atom stereocenters. The van der Waals surface area contributed by atoms with Crippen molar-refractivity contribution < 1.29 is 18.9 Å². The number of methoxy groups -OCH3 is 1. The molecule has 0 aliphatic rings. The van der Waals surface area contributed by atoms with E-state index < -0.39 is 5.97 Å². The second-order valence-electron chi connectivity index (χ2n) is 5.93. The van der Waals surface area contributed by atoms with E-state index in [1.807, 2.05) is 17.0 Å². The Morgan fingerprint density at radius 3 is 2.16 bits per heavy atom. The highest BCUT2D eigenvalue weighted by molar-refractivity contribution is 5.92. The van der Waals surface area contributed by atoms with E-state index in [9.17, 15) is 9.59 Å². The highest BCUT2D eigenvalue weighted by Gasteiger charge is 2.13. The van der Waals surface area contributed by atoms with Crippen LogP contribution >= 0.6 is 0 Å². The molecule has 2 aromatic rings. The SMILES string of the molecule is CCC(CC)c1cc[n+](CC(=O)Nc2ccc(C(=O)OC)cc2)cc1. The number of ether oxygens (including phenoxy) is 1. The first-order chi connectivity index (χ1) is 12.1. The van der Waals surface area contributed by atoms with Crippen molar-refractivity contribution in [3.63, 3.8) is 0 Å². The molecular weight excluding hydrogens is 316 g/mol. The Hall–Kier alpha value is -2.69. The molecule has 25 heavy (non-hydrogen) atoms. The molecule has 0 fully saturated rings. The van der Waals surface area contributed by atoms with Crippen molar-refractivity contribution in [2.75, 3.05) is 12.4 Å². The topological polar surface area (TPSA) is 59.3 Å². The molecule has 1 heterocycles. The minimum Gasteiger partial charge on any atom is -0.465 e. The molecule has 132 valence electrons. The molecule has 0 aliphatic carbocycles. The molecule has 1 amide bonds. The highest BCUT2D eigenvalue weighted by atomic mass is 16.5. The van der Waals surface area contributed by atoms with Crippen LogP contribution in [0.15, 0.2) is 48.8 Å². The van der Waals surface area contributed by atoms with Crippen LogP contribution in [0.3, 0.4) is 0 Å². The number of nitrogens with one attached hydrogen (secondary N) is 1. The van der Waals surface area contributed by atoms with Gasteiger partial charge in [-0.25, -0.2) is 4.79 Å². The van der Waals surface area contributed by atoms with Crippen LogP contribution in [0.5, 0.6) is 0 Å². The van der Waals surface area contributed by atoms with Crippen LogP contribution in [0, 0.1) is 0 Å². The number of anilines is 1. The normalized spacial score (nSPS) is 10.6. The molecule has 0 saturated carbocycles. The van der Waals surface area contributed by atoms with Gasteiger partial charge in [0.25, 0.3) is 5.91 Å². The fourth-order valence-corrected chi connectivity index (χ4v) is 2.78. The minimum absolute atomic E-state index is 0.119. The predicted molar refractivity (Wildman–Crippen MR) is 96.4 cm³/mol. The smallest absolute Gasteiger partial charge is 0.337 e. The summed E-state index contributed by atoms with van der Waals surface area (Å²) in [5, 5.41) is 2.82. The molecule has 1 aromatic carbocycles. The number of hydrogen-bond donors (Lipinski definition) is 1. The van der Waals surface area contributed by atoms with E-state index in [4.69, 9.17) is 0 Å². The monoisotopic (exact) mass is 341 g/mol. The summed E-state index contributed by atoms with van der Waals surface area (Å²) in [6.07, 6.45) is 6.10. The standard InChI is InChI=1S/C20H24N2O3/c1-4-15(5-2)16-10-12-22(13-11-16)14-19(23)21-18-8-6-17(7-9-18)20(24)25-3/h6-13,15H,4-5,14H2,1-3H3/p+1. The Balaban J connectivity index is 1.94. The van der Waals surface area contributed by atoms with Crippen LogP contribution in [-0.2, 0) is 16.1 Å². The summed E-state index contributed by atoms with van der Waals surface area (Å²) in [5.41, 5.74) is 2.40. The van der Waals surface area contributed by atoms with E-state index in [1.165, 1.54) is 12.7 Å². The number of carbonyl (C=O) groups is 2. The number of amides is 1. The summed E-state index contributed by atoms with van der Waals surface area (Å²) in [7, 11) is 1.34. The number of pyridine rings is 1. The number of benzene rings is 1. The molecule has 0 bridgehead atoms. The van der Waals surface area contributed by atoms with Gasteiger partial charge in [0, 0.05) is 17.8 Å². The molecular formula is C20H25N2O3+. The summed E-state index contributed by atoms with van der Waals surface area (Å²) in [4.78, 5) is 23.6. The van der Waals surface area contributed by atoms with E-state index in [1.54, 1.807) is 24.3 Å². The van der Waals surface area contributed by atoms with E-state index in [0.717, 1.165) is 12.8 Å². The minimum atomic E-state index is -0.397. The van der Waals surface area contributed by atoms with Crippen LogP contribution in [-0.4, -0.2) is 19.0 Å². The van der Waals surface area contributed by atoms with Crippen molar-refractivity contribution in [3.05, 3.63) is 59.9 Å². The first-order valence-corrected chi connectivity index (χ1v) is 8.54. The van der Waals surface area contributed by atoms with Gasteiger partial charge in [0.1, 0.15) is 0 Å². The summed E-state index contributed by atoms with van der Waals surface area (Å²) >= 11 is 0. The lowest BCUT2D eigenvalue weighted by molar-refractivity contribution is -0.684. The number of esters is 1. The van der Waals surface area contributed by atoms with Gasteiger partial charge in [0.15, 0.2) is 12.4 Å². The van der Waals surface area contributed by atoms with Crippen LogP contribution in [0.25, 0.3) is 0 Å². The third kappa shape index (κ3) is 5.14. The van der Waals surface area contributed by atoms with E-state index >= 15 is 0 Å². The molecule has 1 N–H and O–H groups in total. The molecule has 0 radical (unpaired) electrons. The predicted octanol–water partition coefficient (Wildman–Crippen LogP) is 3.30. The van der Waals surface area contributed by atoms with E-state index in [-0.39, 0.29) is 12.5 Å². The Kier molecular flexibility index (Phi) is 6.69. The zero-order valence-electron chi connectivity index (χ0n) is 15.0. The quantitative estimate of drug-likeness (QED) is 0.621.